The van der Waals surface area contributed by atoms with Crippen LogP contribution < -0.4 is 5.32 Å². The van der Waals surface area contributed by atoms with Crippen molar-refractivity contribution >= 4 is 5.78 Å². The standard InChI is InChI=1S/C13H23NO2/c15-13(8-7-11-5-4-10-16-11)12-6-2-1-3-9-14-12/h11-12,14H,1-10H2. The highest BCUT2D eigenvalue weighted by Crippen LogP contribution is 2.18. The second-order valence-electron chi connectivity index (χ2n) is 5.00. The lowest BCUT2D eigenvalue weighted by molar-refractivity contribution is -0.121. The first kappa shape index (κ1) is 12.1. The fourth-order valence-corrected chi connectivity index (χ4v) is 2.65. The average Bonchev–Trinajstić information content (AvgIpc) is 2.66. The third-order valence-corrected chi connectivity index (χ3v) is 3.69. The van der Waals surface area contributed by atoms with Crippen LogP contribution in [0.2, 0.25) is 0 Å². The van der Waals surface area contributed by atoms with Crippen LogP contribution >= 0.6 is 0 Å². The molecule has 16 heavy (non-hydrogen) atoms. The number of carbonyl (C=O) groups excluding carboxylic acids is 1. The third-order valence-electron chi connectivity index (χ3n) is 3.69. The molecule has 0 bridgehead atoms. The molecule has 92 valence electrons. The van der Waals surface area contributed by atoms with E-state index in [0.29, 0.717) is 18.3 Å². The molecule has 0 aliphatic carbocycles. The van der Waals surface area contributed by atoms with Crippen LogP contribution in [0, 0.1) is 0 Å². The maximum absolute atomic E-state index is 12.0. The molecule has 2 rings (SSSR count). The lowest BCUT2D eigenvalue weighted by Gasteiger charge is -2.15. The number of hydrogen-bond donors (Lipinski definition) is 1. The lowest BCUT2D eigenvalue weighted by atomic mass is 10.0. The van der Waals surface area contributed by atoms with Gasteiger partial charge in [-0.2, -0.15) is 0 Å². The molecular formula is C13H23NO2. The highest BCUT2D eigenvalue weighted by atomic mass is 16.5. The van der Waals surface area contributed by atoms with Crippen molar-refractivity contribution in [3.63, 3.8) is 0 Å². The topological polar surface area (TPSA) is 38.3 Å². The number of Topliss-reactive ketones (excluding diaryl/α,β-unsaturated/α-hetero) is 1. The molecule has 2 aliphatic heterocycles. The second-order valence-corrected chi connectivity index (χ2v) is 5.00. The Balaban J connectivity index is 1.69. The first-order valence-electron chi connectivity index (χ1n) is 6.74. The molecule has 0 aromatic rings. The molecule has 1 N–H and O–H groups in total. The Morgan fingerprint density at radius 1 is 1.19 bits per heavy atom. The van der Waals surface area contributed by atoms with Crippen LogP contribution in [0.5, 0.6) is 0 Å². The molecule has 3 nitrogen and oxygen atoms in total. The summed E-state index contributed by atoms with van der Waals surface area (Å²) in [5.41, 5.74) is 0. The summed E-state index contributed by atoms with van der Waals surface area (Å²) in [5.74, 6) is 0.400. The van der Waals surface area contributed by atoms with Gasteiger partial charge in [-0.1, -0.05) is 12.8 Å². The van der Waals surface area contributed by atoms with Crippen molar-refractivity contribution in [1.29, 1.82) is 0 Å². The van der Waals surface area contributed by atoms with Crippen LogP contribution in [0.1, 0.15) is 51.4 Å². The highest BCUT2D eigenvalue weighted by Gasteiger charge is 2.22. The Morgan fingerprint density at radius 3 is 2.94 bits per heavy atom. The monoisotopic (exact) mass is 225 g/mol. The van der Waals surface area contributed by atoms with Gasteiger partial charge in [-0.3, -0.25) is 4.79 Å². The summed E-state index contributed by atoms with van der Waals surface area (Å²) in [7, 11) is 0. The van der Waals surface area contributed by atoms with Crippen LogP contribution in [0.15, 0.2) is 0 Å². The van der Waals surface area contributed by atoms with Crippen LogP contribution in [-0.4, -0.2) is 31.1 Å². The van der Waals surface area contributed by atoms with Crippen LogP contribution in [0.4, 0.5) is 0 Å². The van der Waals surface area contributed by atoms with E-state index in [2.05, 4.69) is 5.32 Å². The van der Waals surface area contributed by atoms with Gasteiger partial charge in [0, 0.05) is 13.0 Å². The number of nitrogens with one attached hydrogen (secondary N) is 1. The molecule has 2 saturated heterocycles. The molecule has 0 aromatic carbocycles. The minimum absolute atomic E-state index is 0.129. The van der Waals surface area contributed by atoms with E-state index in [4.69, 9.17) is 4.74 Å². The molecule has 2 heterocycles. The van der Waals surface area contributed by atoms with Gasteiger partial charge in [0.15, 0.2) is 0 Å². The Morgan fingerprint density at radius 2 is 2.12 bits per heavy atom. The average molecular weight is 225 g/mol. The summed E-state index contributed by atoms with van der Waals surface area (Å²) in [6, 6.07) is 0.129. The maximum atomic E-state index is 12.0. The lowest BCUT2D eigenvalue weighted by Crippen LogP contribution is -2.36. The largest absolute Gasteiger partial charge is 0.378 e. The van der Waals surface area contributed by atoms with E-state index in [9.17, 15) is 4.79 Å². The Bertz CT molecular complexity index is 216. The SMILES string of the molecule is O=C(CCC1CCCO1)C1CCCCCN1. The fraction of sp³-hybridized carbons (Fsp3) is 0.923. The first-order valence-corrected chi connectivity index (χ1v) is 6.74. The van der Waals surface area contributed by atoms with E-state index in [-0.39, 0.29) is 6.04 Å². The van der Waals surface area contributed by atoms with E-state index >= 15 is 0 Å². The maximum Gasteiger partial charge on any atom is 0.149 e. The zero-order chi connectivity index (χ0) is 11.2. The summed E-state index contributed by atoms with van der Waals surface area (Å²) < 4.78 is 5.54. The summed E-state index contributed by atoms with van der Waals surface area (Å²) in [6.07, 6.45) is 9.01. The summed E-state index contributed by atoms with van der Waals surface area (Å²) in [6.45, 7) is 1.90. The van der Waals surface area contributed by atoms with Gasteiger partial charge in [0.1, 0.15) is 5.78 Å². The predicted octanol–water partition coefficient (Wildman–Crippen LogP) is 2.05. The van der Waals surface area contributed by atoms with Crippen molar-refractivity contribution in [3.05, 3.63) is 0 Å². The molecule has 3 heteroatoms. The molecule has 0 aromatic heterocycles. The fourth-order valence-electron chi connectivity index (χ4n) is 2.65. The van der Waals surface area contributed by atoms with Crippen molar-refractivity contribution in [2.24, 2.45) is 0 Å². The van der Waals surface area contributed by atoms with Crippen LogP contribution in [0.3, 0.4) is 0 Å². The molecule has 2 fully saturated rings. The number of carbonyl (C=O) groups is 1. The molecule has 2 unspecified atom stereocenters. The number of ether oxygens (including phenoxy) is 1. The van der Waals surface area contributed by atoms with Crippen molar-refractivity contribution in [3.8, 4) is 0 Å². The van der Waals surface area contributed by atoms with Gasteiger partial charge in [0.25, 0.3) is 0 Å². The van der Waals surface area contributed by atoms with Crippen molar-refractivity contribution < 1.29 is 9.53 Å². The smallest absolute Gasteiger partial charge is 0.149 e. The Hall–Kier alpha value is -0.410. The normalized spacial score (nSPS) is 31.2. The van der Waals surface area contributed by atoms with Crippen molar-refractivity contribution in [2.45, 2.75) is 63.5 Å². The zero-order valence-electron chi connectivity index (χ0n) is 10.0. The molecule has 2 atom stereocenters. The zero-order valence-corrected chi connectivity index (χ0v) is 10.0. The second kappa shape index (κ2) is 6.36. The van der Waals surface area contributed by atoms with Gasteiger partial charge >= 0.3 is 0 Å². The third kappa shape index (κ3) is 3.56. The van der Waals surface area contributed by atoms with E-state index in [0.717, 1.165) is 32.4 Å². The minimum atomic E-state index is 0.129. The first-order chi connectivity index (χ1) is 7.86. The Kier molecular flexibility index (Phi) is 4.79. The van der Waals surface area contributed by atoms with Gasteiger partial charge in [0.05, 0.1) is 12.1 Å². The van der Waals surface area contributed by atoms with Gasteiger partial charge in [-0.15, -0.1) is 0 Å². The summed E-state index contributed by atoms with van der Waals surface area (Å²) in [4.78, 5) is 12.0. The van der Waals surface area contributed by atoms with E-state index < -0.39 is 0 Å². The number of ketones is 1. The molecular weight excluding hydrogens is 202 g/mol. The van der Waals surface area contributed by atoms with Crippen molar-refractivity contribution in [1.82, 2.24) is 5.32 Å². The molecule has 2 aliphatic rings. The van der Waals surface area contributed by atoms with Gasteiger partial charge in [-0.05, 0) is 38.6 Å². The van der Waals surface area contributed by atoms with Gasteiger partial charge < -0.3 is 10.1 Å². The van der Waals surface area contributed by atoms with Gasteiger partial charge in [0.2, 0.25) is 0 Å². The van der Waals surface area contributed by atoms with E-state index in [1.807, 2.05) is 0 Å². The van der Waals surface area contributed by atoms with E-state index in [1.54, 1.807) is 0 Å². The van der Waals surface area contributed by atoms with Gasteiger partial charge in [-0.25, -0.2) is 0 Å². The van der Waals surface area contributed by atoms with Crippen LogP contribution in [0.25, 0.3) is 0 Å². The quantitative estimate of drug-likeness (QED) is 0.795. The highest BCUT2D eigenvalue weighted by molar-refractivity contribution is 5.84. The van der Waals surface area contributed by atoms with Crippen molar-refractivity contribution in [2.75, 3.05) is 13.2 Å². The molecule has 0 saturated carbocycles. The Labute approximate surface area is 97.9 Å². The summed E-state index contributed by atoms with van der Waals surface area (Å²) >= 11 is 0. The minimum Gasteiger partial charge on any atom is -0.378 e. The van der Waals surface area contributed by atoms with E-state index in [1.165, 1.54) is 25.7 Å². The number of hydrogen-bond acceptors (Lipinski definition) is 3. The van der Waals surface area contributed by atoms with Crippen LogP contribution in [-0.2, 0) is 9.53 Å². The molecule has 0 spiro atoms. The molecule has 0 amide bonds. The number of rotatable bonds is 4. The predicted molar refractivity (Wildman–Crippen MR) is 63.5 cm³/mol. The molecule has 0 radical (unpaired) electrons. The summed E-state index contributed by atoms with van der Waals surface area (Å²) in [5, 5.41) is 3.37.